The number of piperazine rings is 1. The zero-order valence-electron chi connectivity index (χ0n) is 12.2. The minimum atomic E-state index is -0.559. The maximum atomic E-state index is 12.8. The zero-order chi connectivity index (χ0) is 14.2. The molecule has 3 fully saturated rings. The maximum absolute atomic E-state index is 12.8. The molecule has 2 amide bonds. The van der Waals surface area contributed by atoms with Crippen LogP contribution in [0.25, 0.3) is 0 Å². The molecule has 112 valence electrons. The molecule has 1 spiro atoms. The summed E-state index contributed by atoms with van der Waals surface area (Å²) < 4.78 is 5.09. The molecule has 5 heteroatoms. The molecule has 0 aromatic rings. The number of carbonyl (C=O) groups excluding carboxylic acids is 2. The lowest BCUT2D eigenvalue weighted by atomic mass is 9.88. The smallest absolute Gasteiger partial charge is 0.246 e. The molecule has 0 aromatic heterocycles. The van der Waals surface area contributed by atoms with Crippen LogP contribution in [-0.2, 0) is 14.3 Å². The lowest BCUT2D eigenvalue weighted by Gasteiger charge is -2.46. The first-order valence-corrected chi connectivity index (χ1v) is 7.80. The quantitative estimate of drug-likeness (QED) is 0.766. The summed E-state index contributed by atoms with van der Waals surface area (Å²) in [4.78, 5) is 27.3. The first-order valence-electron chi connectivity index (χ1n) is 7.80. The van der Waals surface area contributed by atoms with Gasteiger partial charge in [0.1, 0.15) is 11.6 Å². The van der Waals surface area contributed by atoms with E-state index >= 15 is 0 Å². The number of carbonyl (C=O) groups is 2. The highest BCUT2D eigenvalue weighted by Gasteiger charge is 2.55. The van der Waals surface area contributed by atoms with Gasteiger partial charge in [-0.15, -0.1) is 0 Å². The number of hydrogen-bond acceptors (Lipinski definition) is 3. The third-order valence-electron chi connectivity index (χ3n) is 5.01. The standard InChI is InChI=1S/C15H24N2O3/c1-20-10-4-9-17-13(18)12(11-5-6-11)16-14(19)15(17)7-2-3-8-15/h11-12H,2-10H2,1H3,(H,16,19). The van der Waals surface area contributed by atoms with Gasteiger partial charge in [0, 0.05) is 20.3 Å². The number of nitrogens with zero attached hydrogens (tertiary/aromatic N) is 1. The molecule has 2 aliphatic carbocycles. The van der Waals surface area contributed by atoms with Gasteiger partial charge in [-0.2, -0.15) is 0 Å². The zero-order valence-corrected chi connectivity index (χ0v) is 12.2. The van der Waals surface area contributed by atoms with Crippen LogP contribution in [0.15, 0.2) is 0 Å². The molecular weight excluding hydrogens is 256 g/mol. The second-order valence-electron chi connectivity index (χ2n) is 6.36. The highest BCUT2D eigenvalue weighted by Crippen LogP contribution is 2.42. The number of nitrogens with one attached hydrogen (secondary N) is 1. The van der Waals surface area contributed by atoms with Gasteiger partial charge in [0.15, 0.2) is 0 Å². The van der Waals surface area contributed by atoms with Crippen molar-refractivity contribution >= 4 is 11.8 Å². The Labute approximate surface area is 120 Å². The highest BCUT2D eigenvalue weighted by atomic mass is 16.5. The third kappa shape index (κ3) is 2.22. The fraction of sp³-hybridized carbons (Fsp3) is 0.867. The largest absolute Gasteiger partial charge is 0.385 e. The maximum Gasteiger partial charge on any atom is 0.246 e. The van der Waals surface area contributed by atoms with Crippen LogP contribution in [0.4, 0.5) is 0 Å². The van der Waals surface area contributed by atoms with Gasteiger partial charge in [0.2, 0.25) is 11.8 Å². The van der Waals surface area contributed by atoms with Crippen LogP contribution >= 0.6 is 0 Å². The molecule has 1 atom stereocenters. The van der Waals surface area contributed by atoms with Crippen molar-refractivity contribution in [3.63, 3.8) is 0 Å². The van der Waals surface area contributed by atoms with E-state index in [9.17, 15) is 9.59 Å². The summed E-state index contributed by atoms with van der Waals surface area (Å²) in [6.45, 7) is 1.28. The van der Waals surface area contributed by atoms with Crippen molar-refractivity contribution in [2.24, 2.45) is 5.92 Å². The number of ether oxygens (including phenoxy) is 1. The van der Waals surface area contributed by atoms with Crippen LogP contribution < -0.4 is 5.32 Å². The van der Waals surface area contributed by atoms with Gasteiger partial charge in [-0.25, -0.2) is 0 Å². The predicted octanol–water partition coefficient (Wildman–Crippen LogP) is 1.07. The molecule has 0 aromatic carbocycles. The molecule has 1 aliphatic heterocycles. The van der Waals surface area contributed by atoms with E-state index in [1.807, 2.05) is 4.90 Å². The summed E-state index contributed by atoms with van der Waals surface area (Å²) in [5.41, 5.74) is -0.559. The summed E-state index contributed by atoms with van der Waals surface area (Å²) in [5, 5.41) is 3.02. The average Bonchev–Trinajstić information content (AvgIpc) is 3.16. The minimum absolute atomic E-state index is 0.0870. The van der Waals surface area contributed by atoms with Crippen molar-refractivity contribution in [3.8, 4) is 0 Å². The fourth-order valence-corrected chi connectivity index (χ4v) is 3.74. The Morgan fingerprint density at radius 1 is 1.30 bits per heavy atom. The van der Waals surface area contributed by atoms with E-state index in [0.29, 0.717) is 19.1 Å². The molecule has 20 heavy (non-hydrogen) atoms. The Morgan fingerprint density at radius 3 is 2.60 bits per heavy atom. The summed E-state index contributed by atoms with van der Waals surface area (Å²) in [5.74, 6) is 0.601. The van der Waals surface area contributed by atoms with E-state index in [2.05, 4.69) is 5.32 Å². The Bertz CT molecular complexity index is 400. The van der Waals surface area contributed by atoms with Gasteiger partial charge in [-0.05, 0) is 38.0 Å². The van der Waals surface area contributed by atoms with Crippen molar-refractivity contribution in [2.45, 2.75) is 56.5 Å². The van der Waals surface area contributed by atoms with Crippen LogP contribution in [-0.4, -0.2) is 48.6 Å². The monoisotopic (exact) mass is 280 g/mol. The molecule has 0 radical (unpaired) electrons. The van der Waals surface area contributed by atoms with Gasteiger partial charge >= 0.3 is 0 Å². The van der Waals surface area contributed by atoms with Gasteiger partial charge in [-0.3, -0.25) is 9.59 Å². The fourth-order valence-electron chi connectivity index (χ4n) is 3.74. The summed E-state index contributed by atoms with van der Waals surface area (Å²) in [6, 6.07) is -0.267. The van der Waals surface area contributed by atoms with E-state index in [4.69, 9.17) is 4.74 Å². The highest BCUT2D eigenvalue weighted by molar-refractivity contribution is 6.00. The second-order valence-corrected chi connectivity index (χ2v) is 6.36. The molecule has 3 aliphatic rings. The molecular formula is C15H24N2O3. The SMILES string of the molecule is COCCCN1C(=O)C(C2CC2)NC(=O)C12CCCC2. The molecule has 1 unspecified atom stereocenters. The van der Waals surface area contributed by atoms with Gasteiger partial charge in [0.25, 0.3) is 0 Å². The molecule has 1 heterocycles. The van der Waals surface area contributed by atoms with Crippen LogP contribution in [0.3, 0.4) is 0 Å². The van der Waals surface area contributed by atoms with Crippen molar-refractivity contribution in [1.29, 1.82) is 0 Å². The molecule has 5 nitrogen and oxygen atoms in total. The van der Waals surface area contributed by atoms with Crippen molar-refractivity contribution in [2.75, 3.05) is 20.3 Å². The van der Waals surface area contributed by atoms with Crippen LogP contribution in [0.1, 0.15) is 44.9 Å². The number of amides is 2. The van der Waals surface area contributed by atoms with Crippen LogP contribution in [0.2, 0.25) is 0 Å². The lowest BCUT2D eigenvalue weighted by molar-refractivity contribution is -0.158. The number of hydrogen-bond donors (Lipinski definition) is 1. The van der Waals surface area contributed by atoms with E-state index in [1.54, 1.807) is 7.11 Å². The summed E-state index contributed by atoms with van der Waals surface area (Å²) in [6.07, 6.45) is 6.63. The number of methoxy groups -OCH3 is 1. The molecule has 2 saturated carbocycles. The second kappa shape index (κ2) is 5.35. The first kappa shape index (κ1) is 13.9. The summed E-state index contributed by atoms with van der Waals surface area (Å²) in [7, 11) is 1.67. The lowest BCUT2D eigenvalue weighted by Crippen LogP contribution is -2.70. The number of rotatable bonds is 5. The van der Waals surface area contributed by atoms with Crippen LogP contribution in [0, 0.1) is 5.92 Å². The third-order valence-corrected chi connectivity index (χ3v) is 5.01. The van der Waals surface area contributed by atoms with Gasteiger partial charge in [-0.1, -0.05) is 12.8 Å². The van der Waals surface area contributed by atoms with E-state index in [-0.39, 0.29) is 17.9 Å². The minimum Gasteiger partial charge on any atom is -0.385 e. The molecule has 1 saturated heterocycles. The Kier molecular flexibility index (Phi) is 3.71. The molecule has 3 rings (SSSR count). The Balaban J connectivity index is 1.80. The van der Waals surface area contributed by atoms with Gasteiger partial charge in [0.05, 0.1) is 0 Å². The predicted molar refractivity (Wildman–Crippen MR) is 74.1 cm³/mol. The summed E-state index contributed by atoms with van der Waals surface area (Å²) >= 11 is 0. The molecule has 1 N–H and O–H groups in total. The average molecular weight is 280 g/mol. The van der Waals surface area contributed by atoms with Crippen molar-refractivity contribution in [1.82, 2.24) is 10.2 Å². The van der Waals surface area contributed by atoms with E-state index < -0.39 is 5.54 Å². The van der Waals surface area contributed by atoms with E-state index in [0.717, 1.165) is 44.9 Å². The van der Waals surface area contributed by atoms with Crippen molar-refractivity contribution in [3.05, 3.63) is 0 Å². The molecule has 0 bridgehead atoms. The Hall–Kier alpha value is -1.10. The van der Waals surface area contributed by atoms with E-state index in [1.165, 1.54) is 0 Å². The van der Waals surface area contributed by atoms with Crippen molar-refractivity contribution < 1.29 is 14.3 Å². The normalized spacial score (nSPS) is 29.1. The van der Waals surface area contributed by atoms with Gasteiger partial charge < -0.3 is 15.0 Å². The topological polar surface area (TPSA) is 58.6 Å². The van der Waals surface area contributed by atoms with Crippen LogP contribution in [0.5, 0.6) is 0 Å². The Morgan fingerprint density at radius 2 is 2.00 bits per heavy atom. The first-order chi connectivity index (χ1) is 9.69.